The second kappa shape index (κ2) is 7.46. The largest absolute Gasteiger partial charge is 0.310 e. The van der Waals surface area contributed by atoms with E-state index in [1.807, 2.05) is 18.2 Å². The summed E-state index contributed by atoms with van der Waals surface area (Å²) in [5.74, 6) is 0. The summed E-state index contributed by atoms with van der Waals surface area (Å²) in [4.78, 5) is 1.29. The van der Waals surface area contributed by atoms with Crippen molar-refractivity contribution in [3.63, 3.8) is 0 Å². The Kier molecular flexibility index (Phi) is 5.91. The van der Waals surface area contributed by atoms with Crippen LogP contribution >= 0.6 is 34.5 Å². The maximum Gasteiger partial charge on any atom is 0.0931 e. The Morgan fingerprint density at radius 3 is 2.65 bits per heavy atom. The summed E-state index contributed by atoms with van der Waals surface area (Å²) in [6.07, 6.45) is 2.06. The third-order valence-corrected chi connectivity index (χ3v) is 5.02. The van der Waals surface area contributed by atoms with Crippen molar-refractivity contribution in [3.8, 4) is 0 Å². The lowest BCUT2D eigenvalue weighted by Gasteiger charge is -2.21. The van der Waals surface area contributed by atoms with Crippen LogP contribution in [0.4, 0.5) is 0 Å². The quantitative estimate of drug-likeness (QED) is 0.723. The van der Waals surface area contributed by atoms with Gasteiger partial charge < -0.3 is 5.32 Å². The second-order valence-electron chi connectivity index (χ2n) is 4.87. The number of benzene rings is 1. The van der Waals surface area contributed by atoms with Crippen LogP contribution in [0.1, 0.15) is 35.4 Å². The van der Waals surface area contributed by atoms with E-state index in [0.717, 1.165) is 34.3 Å². The van der Waals surface area contributed by atoms with Gasteiger partial charge in [0, 0.05) is 22.4 Å². The van der Waals surface area contributed by atoms with Crippen molar-refractivity contribution in [2.45, 2.75) is 32.7 Å². The highest BCUT2D eigenvalue weighted by Gasteiger charge is 2.16. The lowest BCUT2D eigenvalue weighted by Crippen LogP contribution is -2.24. The van der Waals surface area contributed by atoms with Gasteiger partial charge in [0.1, 0.15) is 0 Å². The van der Waals surface area contributed by atoms with Crippen molar-refractivity contribution < 1.29 is 0 Å². The zero-order chi connectivity index (χ0) is 14.5. The van der Waals surface area contributed by atoms with Crippen molar-refractivity contribution in [2.75, 3.05) is 6.54 Å². The highest BCUT2D eigenvalue weighted by atomic mass is 35.5. The van der Waals surface area contributed by atoms with Gasteiger partial charge in [0.2, 0.25) is 0 Å². The highest BCUT2D eigenvalue weighted by Crippen LogP contribution is 2.30. The molecule has 0 aliphatic rings. The fourth-order valence-electron chi connectivity index (χ4n) is 2.27. The van der Waals surface area contributed by atoms with E-state index >= 15 is 0 Å². The van der Waals surface area contributed by atoms with E-state index in [1.54, 1.807) is 11.3 Å². The van der Waals surface area contributed by atoms with Crippen LogP contribution in [-0.4, -0.2) is 6.54 Å². The van der Waals surface area contributed by atoms with Gasteiger partial charge in [-0.05, 0) is 49.2 Å². The molecule has 1 N–H and O–H groups in total. The minimum absolute atomic E-state index is 0.281. The molecule has 1 heterocycles. The van der Waals surface area contributed by atoms with Gasteiger partial charge in [-0.15, -0.1) is 11.3 Å². The van der Waals surface area contributed by atoms with Crippen molar-refractivity contribution in [1.82, 2.24) is 5.32 Å². The van der Waals surface area contributed by atoms with Crippen molar-refractivity contribution in [1.29, 1.82) is 0 Å². The summed E-state index contributed by atoms with van der Waals surface area (Å²) in [6, 6.07) is 10.5. The lowest BCUT2D eigenvalue weighted by molar-refractivity contribution is 0.530. The molecular weight excluding hydrogens is 309 g/mol. The molecule has 1 unspecified atom stereocenters. The molecule has 0 bridgehead atoms. The van der Waals surface area contributed by atoms with Crippen molar-refractivity contribution in [3.05, 3.63) is 55.7 Å². The topological polar surface area (TPSA) is 12.0 Å². The number of rotatable bonds is 6. The third kappa shape index (κ3) is 3.98. The van der Waals surface area contributed by atoms with Gasteiger partial charge >= 0.3 is 0 Å². The molecule has 0 aliphatic carbocycles. The number of hydrogen-bond acceptors (Lipinski definition) is 2. The van der Waals surface area contributed by atoms with Crippen molar-refractivity contribution in [2.24, 2.45) is 0 Å². The average molecular weight is 328 g/mol. The molecule has 2 rings (SSSR count). The summed E-state index contributed by atoms with van der Waals surface area (Å²) < 4.78 is 0.844. The molecular formula is C16H19Cl2NS. The number of thiophene rings is 1. The van der Waals surface area contributed by atoms with Gasteiger partial charge in [0.25, 0.3) is 0 Å². The van der Waals surface area contributed by atoms with E-state index in [4.69, 9.17) is 23.2 Å². The molecule has 20 heavy (non-hydrogen) atoms. The van der Waals surface area contributed by atoms with E-state index in [9.17, 15) is 0 Å². The van der Waals surface area contributed by atoms with Gasteiger partial charge in [-0.2, -0.15) is 0 Å². The first kappa shape index (κ1) is 15.8. The molecule has 0 saturated heterocycles. The summed E-state index contributed by atoms with van der Waals surface area (Å²) in [5, 5.41) is 4.45. The normalized spacial score (nSPS) is 12.6. The predicted molar refractivity (Wildman–Crippen MR) is 90.3 cm³/mol. The Labute approximate surface area is 134 Å². The van der Waals surface area contributed by atoms with Gasteiger partial charge in [-0.1, -0.05) is 42.3 Å². The molecule has 0 fully saturated rings. The third-order valence-electron chi connectivity index (χ3n) is 3.36. The van der Waals surface area contributed by atoms with Crippen LogP contribution in [-0.2, 0) is 6.42 Å². The first-order valence-corrected chi connectivity index (χ1v) is 8.41. The Morgan fingerprint density at radius 2 is 2.00 bits per heavy atom. The number of halogens is 2. The minimum Gasteiger partial charge on any atom is -0.310 e. The maximum atomic E-state index is 6.25. The van der Waals surface area contributed by atoms with Crippen LogP contribution in [0.3, 0.4) is 0 Å². The van der Waals surface area contributed by atoms with E-state index in [0.29, 0.717) is 0 Å². The number of nitrogens with one attached hydrogen (secondary N) is 1. The van der Waals surface area contributed by atoms with Crippen LogP contribution in [0.15, 0.2) is 30.3 Å². The summed E-state index contributed by atoms with van der Waals surface area (Å²) >= 11 is 13.9. The molecule has 1 aromatic heterocycles. The van der Waals surface area contributed by atoms with Gasteiger partial charge in [0.05, 0.1) is 4.34 Å². The van der Waals surface area contributed by atoms with E-state index in [1.165, 1.54) is 10.4 Å². The fraction of sp³-hybridized carbons (Fsp3) is 0.375. The van der Waals surface area contributed by atoms with Crippen LogP contribution < -0.4 is 5.32 Å². The van der Waals surface area contributed by atoms with Crippen LogP contribution in [0, 0.1) is 6.92 Å². The smallest absolute Gasteiger partial charge is 0.0931 e. The maximum absolute atomic E-state index is 6.25. The Morgan fingerprint density at radius 1 is 1.20 bits per heavy atom. The van der Waals surface area contributed by atoms with Gasteiger partial charge in [0.15, 0.2) is 0 Å². The number of hydrogen-bond donors (Lipinski definition) is 1. The first-order chi connectivity index (χ1) is 9.61. The Balaban J connectivity index is 2.24. The second-order valence-corrected chi connectivity index (χ2v) is 7.08. The highest BCUT2D eigenvalue weighted by molar-refractivity contribution is 7.16. The SMILES string of the molecule is CCCNC(Cc1ccc(Cl)s1)c1cccc(Cl)c1C. The summed E-state index contributed by atoms with van der Waals surface area (Å²) in [7, 11) is 0. The summed E-state index contributed by atoms with van der Waals surface area (Å²) in [5.41, 5.74) is 2.43. The van der Waals surface area contributed by atoms with Crippen LogP contribution in [0.5, 0.6) is 0 Å². The molecule has 0 saturated carbocycles. The molecule has 108 valence electrons. The molecule has 1 aromatic carbocycles. The zero-order valence-corrected chi connectivity index (χ0v) is 14.1. The standard InChI is InChI=1S/C16H19Cl2NS/c1-3-9-19-15(10-12-7-8-16(18)20-12)13-5-4-6-14(17)11(13)2/h4-8,15,19H,3,9-10H2,1-2H3. The van der Waals surface area contributed by atoms with Gasteiger partial charge in [-0.3, -0.25) is 0 Å². The van der Waals surface area contributed by atoms with E-state index in [2.05, 4.69) is 31.3 Å². The molecule has 2 aromatic rings. The Hall–Kier alpha value is -0.540. The average Bonchev–Trinajstić information content (AvgIpc) is 2.83. The predicted octanol–water partition coefficient (Wildman–Crippen LogP) is 5.65. The van der Waals surface area contributed by atoms with Crippen LogP contribution in [0.25, 0.3) is 0 Å². The first-order valence-electron chi connectivity index (χ1n) is 6.84. The lowest BCUT2D eigenvalue weighted by atomic mass is 9.98. The monoisotopic (exact) mass is 327 g/mol. The van der Waals surface area contributed by atoms with Crippen LogP contribution in [0.2, 0.25) is 9.36 Å². The summed E-state index contributed by atoms with van der Waals surface area (Å²) in [6.45, 7) is 5.26. The van der Waals surface area contributed by atoms with Crippen molar-refractivity contribution >= 4 is 34.5 Å². The zero-order valence-electron chi connectivity index (χ0n) is 11.7. The molecule has 1 nitrogen and oxygen atoms in total. The fourth-order valence-corrected chi connectivity index (χ4v) is 3.59. The molecule has 0 spiro atoms. The molecule has 4 heteroatoms. The van der Waals surface area contributed by atoms with E-state index < -0.39 is 0 Å². The molecule has 0 amide bonds. The molecule has 0 aliphatic heterocycles. The van der Waals surface area contributed by atoms with E-state index in [-0.39, 0.29) is 6.04 Å². The molecule has 0 radical (unpaired) electrons. The minimum atomic E-state index is 0.281. The van der Waals surface area contributed by atoms with Gasteiger partial charge in [-0.25, -0.2) is 0 Å². The molecule has 1 atom stereocenters. The Bertz CT molecular complexity index is 565.